The van der Waals surface area contributed by atoms with Gasteiger partial charge in [-0.3, -0.25) is 4.79 Å². The molecule has 2 aromatic rings. The fraction of sp³-hybridized carbons (Fsp3) is 0.286. The molecule has 0 unspecified atom stereocenters. The van der Waals surface area contributed by atoms with Crippen LogP contribution in [0.25, 0.3) is 11.3 Å². The van der Waals surface area contributed by atoms with Gasteiger partial charge in [0.2, 0.25) is 0 Å². The van der Waals surface area contributed by atoms with Crippen LogP contribution in [0.4, 0.5) is 0 Å². The molecule has 1 aromatic carbocycles. The molecule has 0 aliphatic rings. The summed E-state index contributed by atoms with van der Waals surface area (Å²) in [7, 11) is 1.63. The number of ether oxygens (including phenoxy) is 1. The van der Waals surface area contributed by atoms with Gasteiger partial charge in [0.25, 0.3) is 0 Å². The van der Waals surface area contributed by atoms with E-state index in [0.29, 0.717) is 17.9 Å². The number of carbonyl (C=O) groups is 1. The maximum absolute atomic E-state index is 10.5. The van der Waals surface area contributed by atoms with E-state index in [-0.39, 0.29) is 6.42 Å². The maximum atomic E-state index is 10.5. The van der Waals surface area contributed by atoms with Crippen molar-refractivity contribution in [2.24, 2.45) is 0 Å². The van der Waals surface area contributed by atoms with E-state index in [1.54, 1.807) is 13.2 Å². The molecule has 2 rings (SSSR count). The van der Waals surface area contributed by atoms with Crippen molar-refractivity contribution in [3.63, 3.8) is 0 Å². The van der Waals surface area contributed by atoms with Crippen LogP contribution in [0.1, 0.15) is 17.7 Å². The van der Waals surface area contributed by atoms with Gasteiger partial charge in [0.1, 0.15) is 5.75 Å². The molecular weight excluding hydrogens is 246 g/mol. The number of aryl methyl sites for hydroxylation is 2. The van der Waals surface area contributed by atoms with Gasteiger partial charge >= 0.3 is 5.97 Å². The SMILES string of the molecule is COc1ccc(-c2cc(CCC(=O)O)no2)cc1C. The summed E-state index contributed by atoms with van der Waals surface area (Å²) in [5.74, 6) is 0.602. The zero-order valence-electron chi connectivity index (χ0n) is 10.8. The Kier molecular flexibility index (Phi) is 3.85. The van der Waals surface area contributed by atoms with E-state index in [1.807, 2.05) is 25.1 Å². The number of aromatic nitrogens is 1. The van der Waals surface area contributed by atoms with E-state index < -0.39 is 5.97 Å². The first-order valence-corrected chi connectivity index (χ1v) is 5.92. The van der Waals surface area contributed by atoms with Crippen LogP contribution in [0.5, 0.6) is 5.75 Å². The minimum atomic E-state index is -0.843. The Morgan fingerprint density at radius 1 is 1.42 bits per heavy atom. The summed E-state index contributed by atoms with van der Waals surface area (Å²) in [5, 5.41) is 12.5. The number of rotatable bonds is 5. The molecule has 1 heterocycles. The molecule has 0 saturated carbocycles. The summed E-state index contributed by atoms with van der Waals surface area (Å²) >= 11 is 0. The number of aliphatic carboxylic acids is 1. The molecule has 1 aromatic heterocycles. The van der Waals surface area contributed by atoms with Gasteiger partial charge in [-0.2, -0.15) is 0 Å². The molecule has 0 fully saturated rings. The van der Waals surface area contributed by atoms with E-state index >= 15 is 0 Å². The topological polar surface area (TPSA) is 72.6 Å². The predicted octanol–water partition coefficient (Wildman–Crippen LogP) is 2.68. The number of benzene rings is 1. The number of hydrogen-bond acceptors (Lipinski definition) is 4. The predicted molar refractivity (Wildman–Crippen MR) is 69.2 cm³/mol. The number of hydrogen-bond donors (Lipinski definition) is 1. The van der Waals surface area contributed by atoms with Crippen molar-refractivity contribution >= 4 is 5.97 Å². The number of methoxy groups -OCH3 is 1. The van der Waals surface area contributed by atoms with Crippen molar-refractivity contribution in [3.8, 4) is 17.1 Å². The Balaban J connectivity index is 2.18. The Hall–Kier alpha value is -2.30. The largest absolute Gasteiger partial charge is 0.496 e. The molecular formula is C14H15NO4. The van der Waals surface area contributed by atoms with Gasteiger partial charge < -0.3 is 14.4 Å². The lowest BCUT2D eigenvalue weighted by Gasteiger charge is -2.04. The second-order valence-electron chi connectivity index (χ2n) is 4.26. The van der Waals surface area contributed by atoms with Crippen molar-refractivity contribution in [2.75, 3.05) is 7.11 Å². The zero-order valence-corrected chi connectivity index (χ0v) is 10.8. The van der Waals surface area contributed by atoms with Crippen LogP contribution in [0.2, 0.25) is 0 Å². The van der Waals surface area contributed by atoms with Gasteiger partial charge in [-0.15, -0.1) is 0 Å². The molecule has 19 heavy (non-hydrogen) atoms. The van der Waals surface area contributed by atoms with Gasteiger partial charge in [-0.1, -0.05) is 5.16 Å². The number of carboxylic acid groups (broad SMARTS) is 1. The third-order valence-corrected chi connectivity index (χ3v) is 2.83. The van der Waals surface area contributed by atoms with Gasteiger partial charge in [-0.25, -0.2) is 0 Å². The van der Waals surface area contributed by atoms with Crippen LogP contribution >= 0.6 is 0 Å². The quantitative estimate of drug-likeness (QED) is 0.895. The monoisotopic (exact) mass is 261 g/mol. The third-order valence-electron chi connectivity index (χ3n) is 2.83. The Morgan fingerprint density at radius 2 is 2.21 bits per heavy atom. The van der Waals surface area contributed by atoms with E-state index in [9.17, 15) is 4.79 Å². The summed E-state index contributed by atoms with van der Waals surface area (Å²) in [4.78, 5) is 10.5. The van der Waals surface area contributed by atoms with Crippen LogP contribution in [0.3, 0.4) is 0 Å². The molecule has 0 amide bonds. The van der Waals surface area contributed by atoms with Crippen molar-refractivity contribution in [1.29, 1.82) is 0 Å². The van der Waals surface area contributed by atoms with Crippen LogP contribution < -0.4 is 4.74 Å². The summed E-state index contributed by atoms with van der Waals surface area (Å²) in [5.41, 5.74) is 2.54. The molecule has 0 atom stereocenters. The highest BCUT2D eigenvalue weighted by atomic mass is 16.5. The Bertz CT molecular complexity index is 589. The zero-order chi connectivity index (χ0) is 13.8. The normalized spacial score (nSPS) is 10.4. The van der Waals surface area contributed by atoms with Gasteiger partial charge in [-0.05, 0) is 30.7 Å². The first kappa shape index (κ1) is 13.1. The lowest BCUT2D eigenvalue weighted by Crippen LogP contribution is -1.97. The van der Waals surface area contributed by atoms with Crippen LogP contribution in [0, 0.1) is 6.92 Å². The molecule has 5 heteroatoms. The van der Waals surface area contributed by atoms with E-state index in [0.717, 1.165) is 16.9 Å². The van der Waals surface area contributed by atoms with Gasteiger partial charge in [0.05, 0.1) is 19.2 Å². The highest BCUT2D eigenvalue weighted by molar-refractivity contribution is 5.67. The summed E-state index contributed by atoms with van der Waals surface area (Å²) in [6.07, 6.45) is 0.418. The lowest BCUT2D eigenvalue weighted by atomic mass is 10.1. The average molecular weight is 261 g/mol. The fourth-order valence-corrected chi connectivity index (χ4v) is 1.83. The molecule has 0 radical (unpaired) electrons. The van der Waals surface area contributed by atoms with E-state index in [4.69, 9.17) is 14.4 Å². The average Bonchev–Trinajstić information content (AvgIpc) is 2.85. The standard InChI is InChI=1S/C14H15NO4/c1-9-7-10(3-5-12(9)18-2)13-8-11(15-19-13)4-6-14(16)17/h3,5,7-8H,4,6H2,1-2H3,(H,16,17). The summed E-state index contributed by atoms with van der Waals surface area (Å²) < 4.78 is 10.4. The highest BCUT2D eigenvalue weighted by Crippen LogP contribution is 2.26. The molecule has 0 aliphatic carbocycles. The number of nitrogens with zero attached hydrogens (tertiary/aromatic N) is 1. The van der Waals surface area contributed by atoms with E-state index in [2.05, 4.69) is 5.16 Å². The van der Waals surface area contributed by atoms with Crippen molar-refractivity contribution in [3.05, 3.63) is 35.5 Å². The Labute approximate surface area is 110 Å². The summed E-state index contributed by atoms with van der Waals surface area (Å²) in [6, 6.07) is 7.46. The molecule has 0 bridgehead atoms. The smallest absolute Gasteiger partial charge is 0.303 e. The van der Waals surface area contributed by atoms with Crippen LogP contribution in [0.15, 0.2) is 28.8 Å². The summed E-state index contributed by atoms with van der Waals surface area (Å²) in [6.45, 7) is 1.95. The van der Waals surface area contributed by atoms with E-state index in [1.165, 1.54) is 0 Å². The molecule has 1 N–H and O–H groups in total. The minimum absolute atomic E-state index is 0.0492. The van der Waals surface area contributed by atoms with Crippen molar-refractivity contribution < 1.29 is 19.2 Å². The first-order chi connectivity index (χ1) is 9.10. The molecule has 5 nitrogen and oxygen atoms in total. The van der Waals surface area contributed by atoms with Gasteiger partial charge in [0, 0.05) is 18.1 Å². The van der Waals surface area contributed by atoms with Crippen molar-refractivity contribution in [2.45, 2.75) is 19.8 Å². The highest BCUT2D eigenvalue weighted by Gasteiger charge is 2.09. The fourth-order valence-electron chi connectivity index (χ4n) is 1.83. The molecule has 0 saturated heterocycles. The second-order valence-corrected chi connectivity index (χ2v) is 4.26. The molecule has 0 spiro atoms. The Morgan fingerprint density at radius 3 is 2.84 bits per heavy atom. The lowest BCUT2D eigenvalue weighted by molar-refractivity contribution is -0.136. The minimum Gasteiger partial charge on any atom is -0.496 e. The molecule has 100 valence electrons. The van der Waals surface area contributed by atoms with Gasteiger partial charge in [0.15, 0.2) is 5.76 Å². The molecule has 0 aliphatic heterocycles. The van der Waals surface area contributed by atoms with Crippen molar-refractivity contribution in [1.82, 2.24) is 5.16 Å². The second kappa shape index (κ2) is 5.56. The van der Waals surface area contributed by atoms with Crippen LogP contribution in [-0.4, -0.2) is 23.3 Å². The van der Waals surface area contributed by atoms with Crippen LogP contribution in [-0.2, 0) is 11.2 Å². The first-order valence-electron chi connectivity index (χ1n) is 5.92. The number of carboxylic acids is 1. The third kappa shape index (κ3) is 3.13. The maximum Gasteiger partial charge on any atom is 0.303 e.